The number of nitrogens with one attached hydrogen (secondary N) is 1. The van der Waals surface area contributed by atoms with Gasteiger partial charge in [-0.25, -0.2) is 8.42 Å². The highest BCUT2D eigenvalue weighted by atomic mass is 32.2. The third kappa shape index (κ3) is 4.88. The molecule has 7 heteroatoms. The molecule has 0 aliphatic carbocycles. The molecular formula is C24H26N2O4S. The molecule has 31 heavy (non-hydrogen) atoms. The van der Waals surface area contributed by atoms with Crippen molar-refractivity contribution in [3.05, 3.63) is 89.5 Å². The molecule has 6 nitrogen and oxygen atoms in total. The minimum Gasteiger partial charge on any atom is -0.497 e. The van der Waals surface area contributed by atoms with Crippen molar-refractivity contribution in [1.29, 1.82) is 0 Å². The molecule has 162 valence electrons. The molecule has 0 aliphatic heterocycles. The van der Waals surface area contributed by atoms with Crippen LogP contribution in [0.25, 0.3) is 0 Å². The average molecular weight is 439 g/mol. The third-order valence-corrected chi connectivity index (χ3v) is 6.94. The fourth-order valence-electron chi connectivity index (χ4n) is 3.26. The number of sulfonamides is 1. The molecule has 0 spiro atoms. The van der Waals surface area contributed by atoms with E-state index < -0.39 is 10.0 Å². The summed E-state index contributed by atoms with van der Waals surface area (Å²) in [7, 11) is -0.714. The lowest BCUT2D eigenvalue weighted by Crippen LogP contribution is -2.29. The Hall–Kier alpha value is -3.32. The second-order valence-corrected chi connectivity index (χ2v) is 9.22. The van der Waals surface area contributed by atoms with E-state index in [2.05, 4.69) is 5.32 Å². The van der Waals surface area contributed by atoms with Crippen molar-refractivity contribution in [2.75, 3.05) is 18.5 Å². The summed E-state index contributed by atoms with van der Waals surface area (Å²) in [4.78, 5) is 12.8. The highest BCUT2D eigenvalue weighted by molar-refractivity contribution is 7.92. The van der Waals surface area contributed by atoms with Crippen LogP contribution in [-0.4, -0.2) is 28.5 Å². The number of para-hydroxylation sites is 1. The molecular weight excluding hydrogens is 412 g/mol. The smallest absolute Gasteiger partial charge is 0.264 e. The zero-order valence-electron chi connectivity index (χ0n) is 18.0. The molecule has 3 aromatic rings. The topological polar surface area (TPSA) is 75.7 Å². The van der Waals surface area contributed by atoms with E-state index in [1.54, 1.807) is 31.4 Å². The number of aryl methyl sites for hydroxylation is 1. The number of carbonyl (C=O) groups is 1. The summed E-state index contributed by atoms with van der Waals surface area (Å²) in [6.45, 7) is 3.72. The summed E-state index contributed by atoms with van der Waals surface area (Å²) < 4.78 is 32.7. The third-order valence-electron chi connectivity index (χ3n) is 5.17. The first-order chi connectivity index (χ1) is 14.7. The Balaban J connectivity index is 1.81. The van der Waals surface area contributed by atoms with Crippen LogP contribution in [0.5, 0.6) is 5.75 Å². The van der Waals surface area contributed by atoms with E-state index in [0.29, 0.717) is 5.69 Å². The van der Waals surface area contributed by atoms with Crippen LogP contribution in [0.3, 0.4) is 0 Å². The van der Waals surface area contributed by atoms with E-state index in [4.69, 9.17) is 4.74 Å². The number of carbonyl (C=O) groups excluding carboxylic acids is 1. The summed E-state index contributed by atoms with van der Waals surface area (Å²) in [5.41, 5.74) is 2.62. The Kier molecular flexibility index (Phi) is 6.65. The van der Waals surface area contributed by atoms with Crippen LogP contribution in [0, 0.1) is 6.92 Å². The zero-order valence-corrected chi connectivity index (χ0v) is 18.8. The molecule has 1 atom stereocenters. The molecule has 0 radical (unpaired) electrons. The van der Waals surface area contributed by atoms with Gasteiger partial charge in [0, 0.05) is 12.6 Å². The number of amides is 1. The Labute approximate surface area is 183 Å². The number of ether oxygens (including phenoxy) is 1. The minimum absolute atomic E-state index is 0.0583. The van der Waals surface area contributed by atoms with Gasteiger partial charge in [0.2, 0.25) is 0 Å². The first kappa shape index (κ1) is 22.4. The van der Waals surface area contributed by atoms with Crippen molar-refractivity contribution < 1.29 is 17.9 Å². The minimum atomic E-state index is -3.82. The SMILES string of the molecule is COc1ccc(C(C)NC(=O)c2cccc(S(=O)(=O)N(C)c3ccccc3C)c2)cc1. The van der Waals surface area contributed by atoms with Gasteiger partial charge in [-0.1, -0.05) is 36.4 Å². The van der Waals surface area contributed by atoms with Gasteiger partial charge < -0.3 is 10.1 Å². The maximum atomic E-state index is 13.1. The van der Waals surface area contributed by atoms with Gasteiger partial charge in [0.1, 0.15) is 5.75 Å². The summed E-state index contributed by atoms with van der Waals surface area (Å²) >= 11 is 0. The van der Waals surface area contributed by atoms with Crippen LogP contribution >= 0.6 is 0 Å². The Morgan fingerprint density at radius 3 is 2.32 bits per heavy atom. The molecule has 0 saturated carbocycles. The van der Waals surface area contributed by atoms with Gasteiger partial charge in [0.15, 0.2) is 0 Å². The molecule has 0 fully saturated rings. The monoisotopic (exact) mass is 438 g/mol. The number of nitrogens with zero attached hydrogens (tertiary/aromatic N) is 1. The van der Waals surface area contributed by atoms with E-state index >= 15 is 0 Å². The van der Waals surface area contributed by atoms with E-state index in [9.17, 15) is 13.2 Å². The Morgan fingerprint density at radius 1 is 1.00 bits per heavy atom. The summed E-state index contributed by atoms with van der Waals surface area (Å²) in [5.74, 6) is 0.386. The van der Waals surface area contributed by atoms with Gasteiger partial charge >= 0.3 is 0 Å². The maximum Gasteiger partial charge on any atom is 0.264 e. The van der Waals surface area contributed by atoms with Crippen LogP contribution in [0.2, 0.25) is 0 Å². The average Bonchev–Trinajstić information content (AvgIpc) is 2.79. The highest BCUT2D eigenvalue weighted by Gasteiger charge is 2.23. The molecule has 0 saturated heterocycles. The van der Waals surface area contributed by atoms with Gasteiger partial charge in [-0.15, -0.1) is 0 Å². The van der Waals surface area contributed by atoms with Gasteiger partial charge in [0.25, 0.3) is 15.9 Å². The van der Waals surface area contributed by atoms with Gasteiger partial charge in [-0.2, -0.15) is 0 Å². The maximum absolute atomic E-state index is 13.1. The van der Waals surface area contributed by atoms with E-state index in [1.807, 2.05) is 50.2 Å². The lowest BCUT2D eigenvalue weighted by Gasteiger charge is -2.21. The summed E-state index contributed by atoms with van der Waals surface area (Å²) in [5, 5.41) is 2.91. The second kappa shape index (κ2) is 9.22. The normalized spacial score (nSPS) is 12.1. The van der Waals surface area contributed by atoms with Crippen LogP contribution in [0.4, 0.5) is 5.69 Å². The molecule has 3 aromatic carbocycles. The van der Waals surface area contributed by atoms with E-state index in [1.165, 1.54) is 23.5 Å². The fourth-order valence-corrected chi connectivity index (χ4v) is 4.56. The number of anilines is 1. The molecule has 1 N–H and O–H groups in total. The number of hydrogen-bond donors (Lipinski definition) is 1. The van der Waals surface area contributed by atoms with E-state index in [0.717, 1.165) is 16.9 Å². The van der Waals surface area contributed by atoms with Crippen molar-refractivity contribution in [1.82, 2.24) is 5.32 Å². The lowest BCUT2D eigenvalue weighted by molar-refractivity contribution is 0.0939. The van der Waals surface area contributed by atoms with Crippen molar-refractivity contribution in [2.24, 2.45) is 0 Å². The van der Waals surface area contributed by atoms with Crippen molar-refractivity contribution in [3.8, 4) is 5.75 Å². The Morgan fingerprint density at radius 2 is 1.68 bits per heavy atom. The molecule has 0 bridgehead atoms. The number of rotatable bonds is 7. The van der Waals surface area contributed by atoms with E-state index in [-0.39, 0.29) is 22.4 Å². The summed E-state index contributed by atoms with van der Waals surface area (Å²) in [6, 6.07) is 20.5. The molecule has 0 heterocycles. The van der Waals surface area contributed by atoms with Gasteiger partial charge in [-0.05, 0) is 61.4 Å². The Bertz CT molecular complexity index is 1170. The van der Waals surface area contributed by atoms with Crippen LogP contribution in [-0.2, 0) is 10.0 Å². The molecule has 0 aromatic heterocycles. The number of methoxy groups -OCH3 is 1. The standard InChI is InChI=1S/C24H26N2O4S/c1-17-8-5-6-11-23(17)26(3)31(28,29)22-10-7-9-20(16-22)24(27)25-18(2)19-12-14-21(30-4)15-13-19/h5-16,18H,1-4H3,(H,25,27). The predicted octanol–water partition coefficient (Wildman–Crippen LogP) is 4.32. The predicted molar refractivity (Wildman–Crippen MR) is 122 cm³/mol. The van der Waals surface area contributed by atoms with Gasteiger partial charge in [0.05, 0.1) is 23.7 Å². The molecule has 1 unspecified atom stereocenters. The molecule has 0 aliphatic rings. The largest absolute Gasteiger partial charge is 0.497 e. The molecule has 1 amide bonds. The fraction of sp³-hybridized carbons (Fsp3) is 0.208. The first-order valence-corrected chi connectivity index (χ1v) is 11.3. The van der Waals surface area contributed by atoms with Crippen LogP contribution < -0.4 is 14.4 Å². The van der Waals surface area contributed by atoms with Crippen molar-refractivity contribution in [2.45, 2.75) is 24.8 Å². The van der Waals surface area contributed by atoms with Crippen molar-refractivity contribution in [3.63, 3.8) is 0 Å². The molecule has 3 rings (SSSR count). The lowest BCUT2D eigenvalue weighted by atomic mass is 10.1. The van der Waals surface area contributed by atoms with Gasteiger partial charge in [-0.3, -0.25) is 9.10 Å². The number of hydrogen-bond acceptors (Lipinski definition) is 4. The van der Waals surface area contributed by atoms with Crippen LogP contribution in [0.15, 0.2) is 77.7 Å². The van der Waals surface area contributed by atoms with Crippen LogP contribution in [0.1, 0.15) is 34.5 Å². The second-order valence-electron chi connectivity index (χ2n) is 7.26. The summed E-state index contributed by atoms with van der Waals surface area (Å²) in [6.07, 6.45) is 0. The quantitative estimate of drug-likeness (QED) is 0.596. The highest BCUT2D eigenvalue weighted by Crippen LogP contribution is 2.25. The zero-order chi connectivity index (χ0) is 22.6. The first-order valence-electron chi connectivity index (χ1n) is 9.83. The van der Waals surface area contributed by atoms with Crippen molar-refractivity contribution >= 4 is 21.6 Å². The number of benzene rings is 3.